The van der Waals surface area contributed by atoms with Gasteiger partial charge in [0.2, 0.25) is 5.91 Å². The number of esters is 1. The van der Waals surface area contributed by atoms with E-state index in [1.165, 1.54) is 23.5 Å². The van der Waals surface area contributed by atoms with Crippen LogP contribution in [-0.4, -0.2) is 73.6 Å². The van der Waals surface area contributed by atoms with Crippen LogP contribution in [0.15, 0.2) is 11.6 Å². The molecule has 1 unspecified atom stereocenters. The molecule has 2 heterocycles. The average Bonchev–Trinajstić information content (AvgIpc) is 3.08. The second-order valence-corrected chi connectivity index (χ2v) is 20.3. The zero-order valence-electron chi connectivity index (χ0n) is 20.3. The first-order chi connectivity index (χ1) is 15.5. The number of nitrogens with zero attached hydrogens (tertiary/aromatic N) is 1. The van der Waals surface area contributed by atoms with E-state index in [1.54, 1.807) is 0 Å². The molecule has 2 aliphatic rings. The van der Waals surface area contributed by atoms with E-state index in [0.29, 0.717) is 15.0 Å². The minimum atomic E-state index is -2.20. The molecular weight excluding hydrogens is 554 g/mol. The number of halogens is 1. The van der Waals surface area contributed by atoms with Gasteiger partial charge >= 0.3 is 11.9 Å². The quantitative estimate of drug-likeness (QED) is 0.143. The smallest absolute Gasteiger partial charge is 0.397 e. The fraction of sp³-hybridized carbons (Fsp3) is 0.714. The van der Waals surface area contributed by atoms with Gasteiger partial charge in [0.15, 0.2) is 8.32 Å². The number of carbonyl (C=O) groups is 3. The van der Waals surface area contributed by atoms with E-state index in [1.807, 2.05) is 6.92 Å². The van der Waals surface area contributed by atoms with Crippen LogP contribution in [0.5, 0.6) is 0 Å². The molecule has 0 radical (unpaired) electrons. The van der Waals surface area contributed by atoms with Crippen molar-refractivity contribution in [2.24, 2.45) is 5.92 Å². The van der Waals surface area contributed by atoms with Crippen molar-refractivity contribution >= 4 is 87.8 Å². The summed E-state index contributed by atoms with van der Waals surface area (Å²) in [6, 6.07) is 0. The fourth-order valence-electron chi connectivity index (χ4n) is 3.27. The van der Waals surface area contributed by atoms with Crippen LogP contribution in [0.1, 0.15) is 34.1 Å². The van der Waals surface area contributed by atoms with Crippen LogP contribution in [0, 0.1) is 5.92 Å². The largest absolute Gasteiger partial charge is 0.453 e. The first-order valence-corrected chi connectivity index (χ1v) is 17.8. The van der Waals surface area contributed by atoms with Gasteiger partial charge < -0.3 is 9.16 Å². The van der Waals surface area contributed by atoms with Crippen LogP contribution in [0.2, 0.25) is 18.1 Å². The first kappa shape index (κ1) is 30.0. The Bertz CT molecular complexity index is 893. The molecular formula is C21H32ClNO6S4Si. The average molecular weight is 586 g/mol. The standard InChI is InChI=1S/C21H32ClNO6S4Si/c1-12(22)10-28-19(26)17(25)23-16(24)15(13(2)29-34(6,7)21(3,4)5)18(23)32-20(30)31-14-8-9-33(27)11-14/h13-15,18H,1,8-11H2,2-7H3/t13-,14+,15+,18-,33?/m1/s1. The Balaban J connectivity index is 2.19. The topological polar surface area (TPSA) is 90.0 Å². The number of likely N-dealkylation sites (tertiary alicyclic amines) is 1. The molecule has 5 atom stereocenters. The highest BCUT2D eigenvalue weighted by Gasteiger charge is 2.57. The van der Waals surface area contributed by atoms with Gasteiger partial charge in [0.05, 0.1) is 12.0 Å². The first-order valence-electron chi connectivity index (χ1n) is 10.8. The molecule has 0 spiro atoms. The van der Waals surface area contributed by atoms with E-state index < -0.39 is 54.3 Å². The van der Waals surface area contributed by atoms with Gasteiger partial charge in [-0.15, -0.1) is 11.8 Å². The summed E-state index contributed by atoms with van der Waals surface area (Å²) in [6.45, 7) is 15.4. The summed E-state index contributed by atoms with van der Waals surface area (Å²) in [7, 11) is -3.04. The number of carbonyl (C=O) groups excluding carboxylic acids is 3. The second-order valence-electron chi connectivity index (χ2n) is 9.81. The number of amides is 2. The van der Waals surface area contributed by atoms with Crippen molar-refractivity contribution in [1.82, 2.24) is 4.90 Å². The van der Waals surface area contributed by atoms with Gasteiger partial charge in [0, 0.05) is 32.6 Å². The molecule has 2 rings (SSSR count). The van der Waals surface area contributed by atoms with Crippen molar-refractivity contribution in [2.75, 3.05) is 18.1 Å². The van der Waals surface area contributed by atoms with Gasteiger partial charge in [0.1, 0.15) is 15.5 Å². The third-order valence-corrected chi connectivity index (χ3v) is 15.5. The van der Waals surface area contributed by atoms with Crippen LogP contribution >= 0.6 is 47.3 Å². The molecule has 0 aromatic rings. The molecule has 0 saturated carbocycles. The zero-order valence-corrected chi connectivity index (χ0v) is 25.3. The van der Waals surface area contributed by atoms with Crippen LogP contribution in [0.4, 0.5) is 0 Å². The van der Waals surface area contributed by atoms with Gasteiger partial charge in [-0.05, 0) is 31.5 Å². The van der Waals surface area contributed by atoms with Crippen LogP contribution in [-0.2, 0) is 34.3 Å². The lowest BCUT2D eigenvalue weighted by Gasteiger charge is -2.49. The Morgan fingerprint density at radius 3 is 2.47 bits per heavy atom. The molecule has 192 valence electrons. The molecule has 2 saturated heterocycles. The summed E-state index contributed by atoms with van der Waals surface area (Å²) in [5.41, 5.74) is 0. The van der Waals surface area contributed by atoms with E-state index in [9.17, 15) is 18.6 Å². The lowest BCUT2D eigenvalue weighted by Crippen LogP contribution is -2.67. The van der Waals surface area contributed by atoms with E-state index in [2.05, 4.69) is 40.4 Å². The molecule has 34 heavy (non-hydrogen) atoms. The van der Waals surface area contributed by atoms with Gasteiger partial charge in [-0.3, -0.25) is 18.7 Å². The highest BCUT2D eigenvalue weighted by atomic mass is 35.5. The van der Waals surface area contributed by atoms with Crippen LogP contribution in [0.25, 0.3) is 0 Å². The second kappa shape index (κ2) is 11.9. The molecule has 2 amide bonds. The Hall–Kier alpha value is -0.243. The Kier molecular flexibility index (Phi) is 10.5. The molecule has 0 aromatic heterocycles. The lowest BCUT2D eigenvalue weighted by atomic mass is 9.92. The van der Waals surface area contributed by atoms with Crippen molar-refractivity contribution in [2.45, 2.75) is 69.0 Å². The molecule has 0 bridgehead atoms. The van der Waals surface area contributed by atoms with Crippen molar-refractivity contribution in [3.8, 4) is 0 Å². The molecule has 0 aliphatic carbocycles. The predicted molar refractivity (Wildman–Crippen MR) is 147 cm³/mol. The maximum Gasteiger partial charge on any atom is 0.397 e. The minimum Gasteiger partial charge on any atom is -0.453 e. The molecule has 0 aromatic carbocycles. The van der Waals surface area contributed by atoms with E-state index in [0.717, 1.165) is 11.3 Å². The van der Waals surface area contributed by atoms with Crippen LogP contribution < -0.4 is 0 Å². The van der Waals surface area contributed by atoms with Crippen molar-refractivity contribution in [3.63, 3.8) is 0 Å². The molecule has 13 heteroatoms. The maximum absolute atomic E-state index is 13.1. The highest BCUT2D eigenvalue weighted by molar-refractivity contribution is 8.47. The van der Waals surface area contributed by atoms with Gasteiger partial charge in [-0.2, -0.15) is 0 Å². The SMILES string of the molecule is C=C(Cl)COC(=O)C(=O)N1C(=O)[C@H]([C@@H](C)O[Si](C)(C)C(C)(C)C)[C@H]1SC(=S)S[C@H]1CCS(=O)C1. The molecule has 7 nitrogen and oxygen atoms in total. The number of β-lactam (4-membered cyclic amide) rings is 1. The van der Waals surface area contributed by atoms with Gasteiger partial charge in [-0.25, -0.2) is 4.79 Å². The zero-order chi connectivity index (χ0) is 26.0. The van der Waals surface area contributed by atoms with Gasteiger partial charge in [-0.1, -0.05) is 62.9 Å². The predicted octanol–water partition coefficient (Wildman–Crippen LogP) is 4.28. The van der Waals surface area contributed by atoms with Gasteiger partial charge in [0.25, 0.3) is 0 Å². The molecule has 0 N–H and O–H groups in total. The minimum absolute atomic E-state index is 0.0582. The van der Waals surface area contributed by atoms with E-state index in [4.69, 9.17) is 33.0 Å². The van der Waals surface area contributed by atoms with Crippen molar-refractivity contribution in [1.29, 1.82) is 0 Å². The van der Waals surface area contributed by atoms with E-state index in [-0.39, 0.29) is 21.9 Å². The number of thioether (sulfide) groups is 2. The Labute approximate surface area is 224 Å². The van der Waals surface area contributed by atoms with E-state index >= 15 is 0 Å². The summed E-state index contributed by atoms with van der Waals surface area (Å²) in [5.74, 6) is -2.16. The summed E-state index contributed by atoms with van der Waals surface area (Å²) < 4.78 is 23.5. The Morgan fingerprint density at radius 1 is 1.35 bits per heavy atom. The monoisotopic (exact) mass is 585 g/mol. The number of thiocarbonyl (C=S) groups is 1. The fourth-order valence-corrected chi connectivity index (χ4v) is 10.1. The summed E-state index contributed by atoms with van der Waals surface area (Å²) in [4.78, 5) is 39.0. The van der Waals surface area contributed by atoms with Crippen LogP contribution in [0.3, 0.4) is 0 Å². The summed E-state index contributed by atoms with van der Waals surface area (Å²) >= 11 is 13.8. The summed E-state index contributed by atoms with van der Waals surface area (Å²) in [6.07, 6.45) is 0.327. The number of rotatable bonds is 7. The number of imide groups is 1. The maximum atomic E-state index is 13.1. The molecule has 2 aliphatic heterocycles. The summed E-state index contributed by atoms with van der Waals surface area (Å²) in [5, 5.41) is -0.565. The lowest BCUT2D eigenvalue weighted by molar-refractivity contribution is -0.174. The third kappa shape index (κ3) is 7.39. The Morgan fingerprint density at radius 2 is 1.97 bits per heavy atom. The highest BCUT2D eigenvalue weighted by Crippen LogP contribution is 2.45. The number of ether oxygens (including phenoxy) is 1. The van der Waals surface area contributed by atoms with Crippen molar-refractivity contribution < 1.29 is 27.8 Å². The van der Waals surface area contributed by atoms with Crippen molar-refractivity contribution in [3.05, 3.63) is 11.6 Å². The third-order valence-electron chi connectivity index (χ3n) is 6.15. The molecule has 2 fully saturated rings. The normalized spacial score (nSPS) is 26.1. The number of hydrogen-bond donors (Lipinski definition) is 0. The number of hydrogen-bond acceptors (Lipinski definition) is 9.